The van der Waals surface area contributed by atoms with Gasteiger partial charge in [0.15, 0.2) is 11.5 Å². The van der Waals surface area contributed by atoms with Crippen LogP contribution in [0.15, 0.2) is 36.4 Å². The number of likely N-dealkylation sites (tertiary alicyclic amines) is 1. The van der Waals surface area contributed by atoms with Gasteiger partial charge in [-0.3, -0.25) is 29.4 Å². The SMILES string of the molecule is NC(=O)C[C@H]1N[C@]2(C(=O)Nc3c(Cl)cccc32)[C@H]2C(=O)N(Cc3ccc4c(c3)OCO4)C(=O)[C@H]12. The minimum Gasteiger partial charge on any atom is -0.454 e. The number of imide groups is 1. The predicted octanol–water partition coefficient (Wildman–Crippen LogP) is 0.865. The molecule has 0 unspecified atom stereocenters. The van der Waals surface area contributed by atoms with Crippen molar-refractivity contribution in [2.75, 3.05) is 12.1 Å². The van der Waals surface area contributed by atoms with E-state index in [1.807, 2.05) is 0 Å². The van der Waals surface area contributed by atoms with Gasteiger partial charge in [-0.15, -0.1) is 0 Å². The van der Waals surface area contributed by atoms with Crippen LogP contribution in [0.4, 0.5) is 5.69 Å². The molecule has 11 heteroatoms. The first-order chi connectivity index (χ1) is 16.3. The second-order valence-corrected chi connectivity index (χ2v) is 9.21. The van der Waals surface area contributed by atoms with Crippen molar-refractivity contribution in [3.63, 3.8) is 0 Å². The fourth-order valence-electron chi connectivity index (χ4n) is 5.62. The summed E-state index contributed by atoms with van der Waals surface area (Å²) in [5.74, 6) is -3.00. The van der Waals surface area contributed by atoms with Gasteiger partial charge in [-0.1, -0.05) is 29.8 Å². The van der Waals surface area contributed by atoms with Crippen molar-refractivity contribution >= 4 is 40.9 Å². The third-order valence-electron chi connectivity index (χ3n) is 6.99. The number of halogens is 1. The van der Waals surface area contributed by atoms with Gasteiger partial charge in [0.2, 0.25) is 30.4 Å². The second kappa shape index (κ2) is 7.18. The maximum atomic E-state index is 13.7. The largest absolute Gasteiger partial charge is 0.454 e. The van der Waals surface area contributed by atoms with Gasteiger partial charge in [-0.05, 0) is 23.8 Å². The number of para-hydroxylation sites is 1. The molecular formula is C23H19ClN4O6. The summed E-state index contributed by atoms with van der Waals surface area (Å²) in [6.45, 7) is 0.0925. The molecule has 174 valence electrons. The molecular weight excluding hydrogens is 464 g/mol. The Morgan fingerprint density at radius 3 is 2.74 bits per heavy atom. The van der Waals surface area contributed by atoms with E-state index in [1.54, 1.807) is 36.4 Å². The Hall–Kier alpha value is -3.63. The number of rotatable bonds is 4. The minimum atomic E-state index is -1.54. The highest BCUT2D eigenvalue weighted by Crippen LogP contribution is 2.54. The smallest absolute Gasteiger partial charge is 0.250 e. The number of benzene rings is 2. The molecule has 4 atom stereocenters. The standard InChI is InChI=1S/C23H19ClN4O6/c24-12-3-1-2-11-19(12)26-22(32)23(11)18-17(13(27-23)7-16(25)29)20(30)28(21(18)31)8-10-4-5-14-15(6-10)34-9-33-14/h1-6,13,17-18,27H,7-9H2,(H2,25,29)(H,26,32)/t13-,17-,18-,23+/m1/s1. The lowest BCUT2D eigenvalue weighted by molar-refractivity contribution is -0.143. The summed E-state index contributed by atoms with van der Waals surface area (Å²) < 4.78 is 10.7. The van der Waals surface area contributed by atoms with Crippen molar-refractivity contribution in [2.24, 2.45) is 17.6 Å². The zero-order chi connectivity index (χ0) is 23.8. The Morgan fingerprint density at radius 2 is 1.94 bits per heavy atom. The Morgan fingerprint density at radius 1 is 1.15 bits per heavy atom. The summed E-state index contributed by atoms with van der Waals surface area (Å²) in [4.78, 5) is 53.6. The molecule has 0 aliphatic carbocycles. The molecule has 4 amide bonds. The van der Waals surface area contributed by atoms with E-state index < -0.39 is 47.0 Å². The zero-order valence-corrected chi connectivity index (χ0v) is 18.4. The molecule has 4 heterocycles. The minimum absolute atomic E-state index is 0.00923. The maximum absolute atomic E-state index is 13.7. The molecule has 2 aromatic carbocycles. The maximum Gasteiger partial charge on any atom is 0.250 e. The van der Waals surface area contributed by atoms with E-state index in [0.717, 1.165) is 4.90 Å². The van der Waals surface area contributed by atoms with E-state index in [0.29, 0.717) is 33.3 Å². The van der Waals surface area contributed by atoms with Crippen LogP contribution >= 0.6 is 11.6 Å². The number of amides is 4. The number of ether oxygens (including phenoxy) is 2. The van der Waals surface area contributed by atoms with Crippen LogP contribution in [0.2, 0.25) is 5.02 Å². The number of nitrogens with two attached hydrogens (primary N) is 1. The Bertz CT molecular complexity index is 1300. The summed E-state index contributed by atoms with van der Waals surface area (Å²) >= 11 is 6.31. The van der Waals surface area contributed by atoms with Gasteiger partial charge in [0.1, 0.15) is 5.54 Å². The molecule has 2 saturated heterocycles. The van der Waals surface area contributed by atoms with E-state index in [-0.39, 0.29) is 19.8 Å². The first-order valence-electron chi connectivity index (χ1n) is 10.7. The number of hydrogen-bond donors (Lipinski definition) is 3. The number of nitrogens with zero attached hydrogens (tertiary/aromatic N) is 1. The Balaban J connectivity index is 1.42. The number of nitrogens with one attached hydrogen (secondary N) is 2. The quantitative estimate of drug-likeness (QED) is 0.549. The van der Waals surface area contributed by atoms with Crippen LogP contribution < -0.4 is 25.8 Å². The van der Waals surface area contributed by atoms with E-state index in [9.17, 15) is 19.2 Å². The summed E-state index contributed by atoms with van der Waals surface area (Å²) in [7, 11) is 0. The third kappa shape index (κ3) is 2.72. The van der Waals surface area contributed by atoms with Gasteiger partial charge < -0.3 is 20.5 Å². The fourth-order valence-corrected chi connectivity index (χ4v) is 5.84. The summed E-state index contributed by atoms with van der Waals surface area (Å²) in [5, 5.41) is 6.20. The van der Waals surface area contributed by atoms with Crippen molar-refractivity contribution < 1.29 is 28.7 Å². The summed E-state index contributed by atoms with van der Waals surface area (Å²) in [6.07, 6.45) is -0.205. The average Bonchev–Trinajstić information content (AvgIpc) is 3.51. The number of primary amides is 1. The van der Waals surface area contributed by atoms with Crippen molar-refractivity contribution in [3.05, 3.63) is 52.5 Å². The highest BCUT2D eigenvalue weighted by atomic mass is 35.5. The molecule has 0 saturated carbocycles. The van der Waals surface area contributed by atoms with Crippen molar-refractivity contribution in [1.82, 2.24) is 10.2 Å². The molecule has 4 N–H and O–H groups in total. The highest BCUT2D eigenvalue weighted by molar-refractivity contribution is 6.35. The number of carbonyl (C=O) groups excluding carboxylic acids is 4. The molecule has 6 rings (SSSR count). The first kappa shape index (κ1) is 20.9. The van der Waals surface area contributed by atoms with Gasteiger partial charge in [0.05, 0.1) is 29.1 Å². The molecule has 2 fully saturated rings. The van der Waals surface area contributed by atoms with Gasteiger partial charge in [-0.25, -0.2) is 0 Å². The van der Waals surface area contributed by atoms with Crippen LogP contribution in [-0.4, -0.2) is 41.4 Å². The molecule has 0 bridgehead atoms. The van der Waals surface area contributed by atoms with Crippen molar-refractivity contribution in [2.45, 2.75) is 24.5 Å². The number of hydrogen-bond acceptors (Lipinski definition) is 7. The predicted molar refractivity (Wildman–Crippen MR) is 118 cm³/mol. The van der Waals surface area contributed by atoms with Gasteiger partial charge in [-0.2, -0.15) is 0 Å². The number of carbonyl (C=O) groups is 4. The lowest BCUT2D eigenvalue weighted by Gasteiger charge is -2.29. The second-order valence-electron chi connectivity index (χ2n) is 8.80. The number of anilines is 1. The molecule has 1 spiro atoms. The van der Waals surface area contributed by atoms with Crippen molar-refractivity contribution in [1.29, 1.82) is 0 Å². The van der Waals surface area contributed by atoms with Crippen LogP contribution in [0.1, 0.15) is 17.5 Å². The monoisotopic (exact) mass is 482 g/mol. The van der Waals surface area contributed by atoms with Crippen LogP contribution in [0.5, 0.6) is 11.5 Å². The molecule has 34 heavy (non-hydrogen) atoms. The lowest BCUT2D eigenvalue weighted by atomic mass is 9.76. The topological polar surface area (TPSA) is 140 Å². The molecule has 4 aliphatic heterocycles. The molecule has 0 aromatic heterocycles. The fraction of sp³-hybridized carbons (Fsp3) is 0.304. The Kier molecular flexibility index (Phi) is 4.42. The Labute approximate surface area is 198 Å². The zero-order valence-electron chi connectivity index (χ0n) is 17.7. The van der Waals surface area contributed by atoms with Gasteiger partial charge in [0.25, 0.3) is 0 Å². The molecule has 4 aliphatic rings. The van der Waals surface area contributed by atoms with E-state index >= 15 is 0 Å². The van der Waals surface area contributed by atoms with Crippen LogP contribution in [0.25, 0.3) is 0 Å². The summed E-state index contributed by atoms with van der Waals surface area (Å²) in [6, 6.07) is 9.36. The molecule has 2 aromatic rings. The highest BCUT2D eigenvalue weighted by Gasteiger charge is 2.70. The average molecular weight is 483 g/mol. The van der Waals surface area contributed by atoms with E-state index in [4.69, 9.17) is 26.8 Å². The first-order valence-corrected chi connectivity index (χ1v) is 11.1. The molecule has 0 radical (unpaired) electrons. The van der Waals surface area contributed by atoms with Gasteiger partial charge in [0, 0.05) is 18.0 Å². The van der Waals surface area contributed by atoms with E-state index in [1.165, 1.54) is 0 Å². The van der Waals surface area contributed by atoms with Gasteiger partial charge >= 0.3 is 0 Å². The van der Waals surface area contributed by atoms with Crippen LogP contribution in [0.3, 0.4) is 0 Å². The van der Waals surface area contributed by atoms with Crippen LogP contribution in [0, 0.1) is 11.8 Å². The van der Waals surface area contributed by atoms with E-state index in [2.05, 4.69) is 10.6 Å². The third-order valence-corrected chi connectivity index (χ3v) is 7.30. The summed E-state index contributed by atoms with van der Waals surface area (Å²) in [5.41, 5.74) is 5.43. The number of fused-ring (bicyclic) bond motifs is 5. The lowest BCUT2D eigenvalue weighted by Crippen LogP contribution is -2.53. The van der Waals surface area contributed by atoms with Crippen molar-refractivity contribution in [3.8, 4) is 11.5 Å². The normalized spacial score (nSPS) is 28.4. The molecule has 10 nitrogen and oxygen atoms in total. The van der Waals surface area contributed by atoms with Crippen LogP contribution in [-0.2, 0) is 31.3 Å².